The van der Waals surface area contributed by atoms with Gasteiger partial charge in [-0.1, -0.05) is 12.1 Å². The zero-order valence-corrected chi connectivity index (χ0v) is 12.4. The van der Waals surface area contributed by atoms with E-state index in [4.69, 9.17) is 5.14 Å². The summed E-state index contributed by atoms with van der Waals surface area (Å²) in [4.78, 5) is 22.6. The molecule has 21 heavy (non-hydrogen) atoms. The van der Waals surface area contributed by atoms with Crippen LogP contribution < -0.4 is 15.8 Å². The number of primary sulfonamides is 1. The van der Waals surface area contributed by atoms with Crippen LogP contribution in [0.3, 0.4) is 0 Å². The number of esters is 1. The first-order valence-electron chi connectivity index (χ1n) is 5.98. The van der Waals surface area contributed by atoms with E-state index in [1.807, 2.05) is 0 Å². The second-order valence-electron chi connectivity index (χ2n) is 4.26. The zero-order chi connectivity index (χ0) is 16.0. The number of rotatable bonds is 5. The highest BCUT2D eigenvalue weighted by atomic mass is 32.2. The molecule has 1 atom stereocenters. The average Bonchev–Trinajstić information content (AvgIpc) is 2.43. The number of methoxy groups -OCH3 is 1. The number of nitrogens with one attached hydrogen (secondary N) is 2. The van der Waals surface area contributed by atoms with Gasteiger partial charge in [0.15, 0.2) is 0 Å². The molecule has 9 heteroatoms. The summed E-state index contributed by atoms with van der Waals surface area (Å²) < 4.78 is 26.6. The van der Waals surface area contributed by atoms with Crippen molar-refractivity contribution in [2.75, 3.05) is 7.11 Å². The second kappa shape index (κ2) is 7.04. The van der Waals surface area contributed by atoms with E-state index in [9.17, 15) is 18.0 Å². The van der Waals surface area contributed by atoms with Gasteiger partial charge in [0.05, 0.1) is 12.0 Å². The number of hydrogen-bond donors (Lipinski definition) is 3. The number of hydrogen-bond acceptors (Lipinski definition) is 5. The molecule has 0 radical (unpaired) electrons. The highest BCUT2D eigenvalue weighted by Gasteiger charge is 2.15. The Morgan fingerprint density at radius 1 is 1.29 bits per heavy atom. The third-order valence-corrected chi connectivity index (χ3v) is 3.54. The molecular formula is C12H17N3O5S. The lowest BCUT2D eigenvalue weighted by atomic mass is 10.2. The topological polar surface area (TPSA) is 128 Å². The molecule has 2 amide bonds. The van der Waals surface area contributed by atoms with Crippen LogP contribution in [0.15, 0.2) is 29.2 Å². The second-order valence-corrected chi connectivity index (χ2v) is 5.82. The Labute approximate surface area is 122 Å². The molecule has 0 heterocycles. The maximum Gasteiger partial charge on any atom is 0.328 e. The molecule has 0 spiro atoms. The Bertz CT molecular complexity index is 612. The summed E-state index contributed by atoms with van der Waals surface area (Å²) in [5.74, 6) is -0.553. The van der Waals surface area contributed by atoms with Gasteiger partial charge in [-0.25, -0.2) is 23.1 Å². The van der Waals surface area contributed by atoms with Crippen LogP contribution in [-0.2, 0) is 26.1 Å². The van der Waals surface area contributed by atoms with Crippen molar-refractivity contribution in [2.45, 2.75) is 24.4 Å². The molecule has 0 fully saturated rings. The molecule has 1 rings (SSSR count). The van der Waals surface area contributed by atoms with Crippen molar-refractivity contribution in [1.82, 2.24) is 10.6 Å². The van der Waals surface area contributed by atoms with E-state index in [1.54, 1.807) is 0 Å². The van der Waals surface area contributed by atoms with Gasteiger partial charge in [-0.2, -0.15) is 0 Å². The van der Waals surface area contributed by atoms with Gasteiger partial charge < -0.3 is 15.4 Å². The Morgan fingerprint density at radius 2 is 1.86 bits per heavy atom. The SMILES string of the molecule is COC(=O)[C@H](C)NC(=O)NCc1ccc(S(N)(=O)=O)cc1. The predicted molar refractivity (Wildman–Crippen MR) is 74.7 cm³/mol. The minimum Gasteiger partial charge on any atom is -0.467 e. The van der Waals surface area contributed by atoms with Crippen LogP contribution in [0.25, 0.3) is 0 Å². The monoisotopic (exact) mass is 315 g/mol. The maximum absolute atomic E-state index is 11.5. The lowest BCUT2D eigenvalue weighted by Crippen LogP contribution is -2.44. The van der Waals surface area contributed by atoms with E-state index in [0.717, 1.165) is 0 Å². The normalized spacial score (nSPS) is 12.3. The van der Waals surface area contributed by atoms with Gasteiger partial charge in [0, 0.05) is 6.54 Å². The summed E-state index contributed by atoms with van der Waals surface area (Å²) in [6, 6.07) is 4.46. The Morgan fingerprint density at radius 3 is 2.33 bits per heavy atom. The van der Waals surface area contributed by atoms with E-state index in [2.05, 4.69) is 15.4 Å². The summed E-state index contributed by atoms with van der Waals surface area (Å²) in [6.07, 6.45) is 0. The van der Waals surface area contributed by atoms with Crippen molar-refractivity contribution in [1.29, 1.82) is 0 Å². The average molecular weight is 315 g/mol. The molecule has 0 unspecified atom stereocenters. The van der Waals surface area contributed by atoms with Gasteiger partial charge in [-0.05, 0) is 24.6 Å². The number of benzene rings is 1. The number of nitrogens with two attached hydrogens (primary N) is 1. The molecule has 4 N–H and O–H groups in total. The number of ether oxygens (including phenoxy) is 1. The lowest BCUT2D eigenvalue weighted by molar-refractivity contribution is -0.142. The van der Waals surface area contributed by atoms with Crippen molar-refractivity contribution in [3.8, 4) is 0 Å². The van der Waals surface area contributed by atoms with E-state index >= 15 is 0 Å². The van der Waals surface area contributed by atoms with Gasteiger partial charge in [-0.3, -0.25) is 0 Å². The highest BCUT2D eigenvalue weighted by Crippen LogP contribution is 2.08. The maximum atomic E-state index is 11.5. The van der Waals surface area contributed by atoms with E-state index in [1.165, 1.54) is 38.3 Å². The fourth-order valence-corrected chi connectivity index (χ4v) is 1.98. The Balaban J connectivity index is 2.52. The molecule has 0 aliphatic rings. The van der Waals surface area contributed by atoms with Crippen LogP contribution in [0, 0.1) is 0 Å². The Hall–Kier alpha value is -2.13. The molecule has 0 aliphatic carbocycles. The first-order chi connectivity index (χ1) is 9.74. The van der Waals surface area contributed by atoms with Gasteiger partial charge in [0.2, 0.25) is 10.0 Å². The van der Waals surface area contributed by atoms with E-state index < -0.39 is 28.1 Å². The first-order valence-corrected chi connectivity index (χ1v) is 7.52. The molecule has 116 valence electrons. The fraction of sp³-hybridized carbons (Fsp3) is 0.333. The predicted octanol–water partition coefficient (Wildman–Crippen LogP) is -0.305. The Kier molecular flexibility index (Phi) is 5.68. The summed E-state index contributed by atoms with van der Waals surface area (Å²) in [5, 5.41) is 9.90. The van der Waals surface area contributed by atoms with Crippen molar-refractivity contribution < 1.29 is 22.7 Å². The van der Waals surface area contributed by atoms with Crippen LogP contribution in [0.5, 0.6) is 0 Å². The van der Waals surface area contributed by atoms with E-state index in [0.29, 0.717) is 5.56 Å². The van der Waals surface area contributed by atoms with Gasteiger partial charge in [0.25, 0.3) is 0 Å². The summed E-state index contributed by atoms with van der Waals surface area (Å²) in [5.41, 5.74) is 0.684. The van der Waals surface area contributed by atoms with Crippen LogP contribution in [-0.4, -0.2) is 33.6 Å². The van der Waals surface area contributed by atoms with Crippen LogP contribution in [0.2, 0.25) is 0 Å². The molecule has 0 aliphatic heterocycles. The quantitative estimate of drug-likeness (QED) is 0.642. The lowest BCUT2D eigenvalue weighted by Gasteiger charge is -2.12. The molecule has 1 aromatic carbocycles. The van der Waals surface area contributed by atoms with Crippen LogP contribution >= 0.6 is 0 Å². The van der Waals surface area contributed by atoms with Crippen molar-refractivity contribution >= 4 is 22.0 Å². The van der Waals surface area contributed by atoms with Gasteiger partial charge in [-0.15, -0.1) is 0 Å². The standard InChI is InChI=1S/C12H17N3O5S/c1-8(11(16)20-2)15-12(17)14-7-9-3-5-10(6-4-9)21(13,18)19/h3-6,8H,7H2,1-2H3,(H2,13,18,19)(H2,14,15,17)/t8-/m0/s1. The number of carbonyl (C=O) groups is 2. The first kappa shape index (κ1) is 16.9. The van der Waals surface area contributed by atoms with Crippen molar-refractivity contribution in [2.24, 2.45) is 5.14 Å². The highest BCUT2D eigenvalue weighted by molar-refractivity contribution is 7.89. The molecule has 0 saturated heterocycles. The molecule has 0 aromatic heterocycles. The third-order valence-electron chi connectivity index (χ3n) is 2.61. The number of urea groups is 1. The van der Waals surface area contributed by atoms with Crippen LogP contribution in [0.1, 0.15) is 12.5 Å². The summed E-state index contributed by atoms with van der Waals surface area (Å²) >= 11 is 0. The number of amides is 2. The third kappa shape index (κ3) is 5.40. The zero-order valence-electron chi connectivity index (χ0n) is 11.6. The van der Waals surface area contributed by atoms with Gasteiger partial charge in [0.1, 0.15) is 6.04 Å². The fourth-order valence-electron chi connectivity index (χ4n) is 1.46. The van der Waals surface area contributed by atoms with E-state index in [-0.39, 0.29) is 11.4 Å². The molecule has 0 bridgehead atoms. The van der Waals surface area contributed by atoms with Crippen molar-refractivity contribution in [3.05, 3.63) is 29.8 Å². The molecule has 0 saturated carbocycles. The largest absolute Gasteiger partial charge is 0.467 e. The van der Waals surface area contributed by atoms with Crippen LogP contribution in [0.4, 0.5) is 4.79 Å². The molecule has 1 aromatic rings. The summed E-state index contributed by atoms with van der Waals surface area (Å²) in [7, 11) is -2.50. The summed E-state index contributed by atoms with van der Waals surface area (Å²) in [6.45, 7) is 1.66. The smallest absolute Gasteiger partial charge is 0.328 e. The van der Waals surface area contributed by atoms with Crippen molar-refractivity contribution in [3.63, 3.8) is 0 Å². The molecular weight excluding hydrogens is 298 g/mol. The number of carbonyl (C=O) groups excluding carboxylic acids is 2. The molecule has 8 nitrogen and oxygen atoms in total. The number of sulfonamides is 1. The van der Waals surface area contributed by atoms with Gasteiger partial charge >= 0.3 is 12.0 Å². The minimum atomic E-state index is -3.73. The minimum absolute atomic E-state index is 0.00462.